The van der Waals surface area contributed by atoms with Crippen molar-refractivity contribution in [2.24, 2.45) is 0 Å². The molecule has 6 unspecified atom stereocenters. The van der Waals surface area contributed by atoms with E-state index in [9.17, 15) is 14.4 Å². The molecule has 2 saturated heterocycles. The van der Waals surface area contributed by atoms with Gasteiger partial charge in [0.25, 0.3) is 5.97 Å². The average Bonchev–Trinajstić information content (AvgIpc) is 2.79. The summed E-state index contributed by atoms with van der Waals surface area (Å²) in [6.45, 7) is 4.55. The number of hydrogen-bond acceptors (Lipinski definition) is 10. The Hall–Kier alpha value is -1.75. The molecule has 0 saturated carbocycles. The summed E-state index contributed by atoms with van der Waals surface area (Å²) in [5.74, 6) is -3.69. The molecule has 0 aromatic heterocycles. The number of esters is 3. The van der Waals surface area contributed by atoms with E-state index in [1.165, 1.54) is 21.0 Å². The van der Waals surface area contributed by atoms with Crippen LogP contribution in [-0.2, 0) is 47.5 Å². The summed E-state index contributed by atoms with van der Waals surface area (Å²) < 4.78 is 45.6. The molecule has 2 rings (SSSR count). The van der Waals surface area contributed by atoms with Crippen molar-refractivity contribution in [3.8, 4) is 0 Å². The number of carbonyl (C=O) groups excluding carboxylic acids is 3. The molecule has 142 valence electrons. The topological polar surface area (TPSA) is 116 Å². The zero-order valence-electron chi connectivity index (χ0n) is 15.6. The summed E-state index contributed by atoms with van der Waals surface area (Å²) >= 11 is 0. The number of hydrogen-bond donors (Lipinski definition) is 0. The normalized spacial score (nSPS) is 40.6. The highest BCUT2D eigenvalue weighted by atomic mass is 16.9. The quantitative estimate of drug-likeness (QED) is 0.483. The first-order chi connectivity index (χ1) is 12.0. The second-order valence-corrected chi connectivity index (χ2v) is 5.60. The molecule has 0 aromatic rings. The number of methoxy groups -OCH3 is 1. The van der Waals surface area contributed by atoms with E-state index >= 15 is 0 Å². The number of fused-ring (bicyclic) bond motifs is 1. The van der Waals surface area contributed by atoms with Gasteiger partial charge in [-0.2, -0.15) is 0 Å². The highest BCUT2D eigenvalue weighted by Crippen LogP contribution is 2.39. The Morgan fingerprint density at radius 1 is 1.04 bits per heavy atom. The third-order valence-electron chi connectivity index (χ3n) is 3.52. The molecule has 2 fully saturated rings. The Morgan fingerprint density at radius 3 is 2.16 bits per heavy atom. The summed E-state index contributed by atoms with van der Waals surface area (Å²) in [5, 5.41) is 0. The van der Waals surface area contributed by atoms with Gasteiger partial charge in [0.15, 0.2) is 24.6 Å². The number of ether oxygens (including phenoxy) is 7. The van der Waals surface area contributed by atoms with Gasteiger partial charge in [-0.3, -0.25) is 19.1 Å². The lowest BCUT2D eigenvalue weighted by molar-refractivity contribution is -0.334. The minimum absolute atomic E-state index is 0.315. The molecule has 0 N–H and O–H groups in total. The Labute approximate surface area is 146 Å². The summed E-state index contributed by atoms with van der Waals surface area (Å²) in [6.07, 6.45) is -7.18. The molecular formula is C15H22O10. The fourth-order valence-electron chi connectivity index (χ4n) is 2.48. The first-order valence-electron chi connectivity index (χ1n) is 8.07. The van der Waals surface area contributed by atoms with Gasteiger partial charge in [-0.1, -0.05) is 0 Å². The van der Waals surface area contributed by atoms with E-state index in [-0.39, 0.29) is 6.61 Å². The van der Waals surface area contributed by atoms with Crippen LogP contribution in [0.5, 0.6) is 0 Å². The second-order valence-electron chi connectivity index (χ2n) is 5.60. The van der Waals surface area contributed by atoms with Gasteiger partial charge in [0.2, 0.25) is 0 Å². The van der Waals surface area contributed by atoms with Crippen LogP contribution >= 0.6 is 0 Å². The Balaban J connectivity index is 2.39. The van der Waals surface area contributed by atoms with Gasteiger partial charge in [-0.15, -0.1) is 0 Å². The molecule has 10 heteroatoms. The lowest BCUT2D eigenvalue weighted by atomic mass is 9.98. The summed E-state index contributed by atoms with van der Waals surface area (Å²) in [7, 11) is 1.29. The van der Waals surface area contributed by atoms with Gasteiger partial charge >= 0.3 is 17.9 Å². The molecule has 6 atom stereocenters. The first-order valence-corrected chi connectivity index (χ1v) is 7.57. The van der Waals surface area contributed by atoms with E-state index in [4.69, 9.17) is 34.5 Å². The molecule has 0 amide bonds. The van der Waals surface area contributed by atoms with E-state index in [0.29, 0.717) is 0 Å². The third-order valence-corrected chi connectivity index (χ3v) is 3.52. The zero-order valence-corrected chi connectivity index (χ0v) is 14.6. The standard InChI is InChI=1S/C15H22O10/c1-7(16)20-6-10-11(21-8(2)17)12(22-9(3)18)13-14(23-10)25-15(4,19-5)24-13/h10-14H,6H2,1-5H3/i13D. The van der Waals surface area contributed by atoms with Crippen LogP contribution in [0.2, 0.25) is 0 Å². The van der Waals surface area contributed by atoms with Crippen molar-refractivity contribution in [3.05, 3.63) is 0 Å². The Morgan fingerprint density at radius 2 is 1.64 bits per heavy atom. The van der Waals surface area contributed by atoms with E-state index < -0.39 is 54.6 Å². The van der Waals surface area contributed by atoms with Gasteiger partial charge < -0.3 is 28.4 Å². The molecule has 0 radical (unpaired) electrons. The summed E-state index contributed by atoms with van der Waals surface area (Å²) in [5.41, 5.74) is 0. The highest BCUT2D eigenvalue weighted by molar-refractivity contribution is 5.67. The van der Waals surface area contributed by atoms with Crippen LogP contribution in [0, 0.1) is 0 Å². The first kappa shape index (κ1) is 18.1. The molecule has 2 aliphatic heterocycles. The fraction of sp³-hybridized carbons (Fsp3) is 0.800. The summed E-state index contributed by atoms with van der Waals surface area (Å²) in [4.78, 5) is 34.2. The van der Waals surface area contributed by atoms with Gasteiger partial charge in [-0.25, -0.2) is 0 Å². The van der Waals surface area contributed by atoms with Crippen LogP contribution in [0.15, 0.2) is 0 Å². The van der Waals surface area contributed by atoms with E-state index in [2.05, 4.69) is 0 Å². The van der Waals surface area contributed by atoms with Crippen LogP contribution in [0.4, 0.5) is 0 Å². The van der Waals surface area contributed by atoms with Crippen molar-refractivity contribution in [2.45, 2.75) is 64.4 Å². The van der Waals surface area contributed by atoms with Crippen molar-refractivity contribution in [3.63, 3.8) is 0 Å². The van der Waals surface area contributed by atoms with Crippen LogP contribution in [0.3, 0.4) is 0 Å². The van der Waals surface area contributed by atoms with Crippen LogP contribution in [-0.4, -0.2) is 68.3 Å². The van der Waals surface area contributed by atoms with Crippen LogP contribution in [0.25, 0.3) is 0 Å². The second kappa shape index (κ2) is 7.65. The predicted octanol–water partition coefficient (Wildman–Crippen LogP) is -0.127. The average molecular weight is 363 g/mol. The van der Waals surface area contributed by atoms with Gasteiger partial charge in [0, 0.05) is 34.8 Å². The zero-order chi connectivity index (χ0) is 19.7. The number of carbonyl (C=O) groups is 3. The maximum absolute atomic E-state index is 11.6. The molecular weight excluding hydrogens is 340 g/mol. The molecule has 0 aliphatic carbocycles. The highest BCUT2D eigenvalue weighted by Gasteiger charge is 2.59. The molecule has 0 spiro atoms. The SMILES string of the molecule is [2H]C12OC(C)(OC)OC1OC(COC(C)=O)C(OC(C)=O)C2OC(C)=O. The van der Waals surface area contributed by atoms with Crippen molar-refractivity contribution < 1.29 is 48.9 Å². The Kier molecular flexibility index (Phi) is 5.52. The Bertz CT molecular complexity index is 583. The van der Waals surface area contributed by atoms with E-state index in [0.717, 1.165) is 13.8 Å². The third kappa shape index (κ3) is 4.66. The van der Waals surface area contributed by atoms with Crippen LogP contribution < -0.4 is 0 Å². The van der Waals surface area contributed by atoms with E-state index in [1.54, 1.807) is 0 Å². The maximum Gasteiger partial charge on any atom is 0.303 e. The molecule has 10 nitrogen and oxygen atoms in total. The molecule has 2 aliphatic rings. The van der Waals surface area contributed by atoms with Crippen molar-refractivity contribution in [1.29, 1.82) is 0 Å². The predicted molar refractivity (Wildman–Crippen MR) is 77.8 cm³/mol. The minimum atomic E-state index is -2.08. The van der Waals surface area contributed by atoms with Gasteiger partial charge in [0.05, 0.1) is 1.37 Å². The number of rotatable bonds is 5. The van der Waals surface area contributed by atoms with Gasteiger partial charge in [0.1, 0.15) is 12.7 Å². The van der Waals surface area contributed by atoms with E-state index in [1.807, 2.05) is 0 Å². The molecule has 25 heavy (non-hydrogen) atoms. The molecule has 2 heterocycles. The lowest BCUT2D eigenvalue weighted by Gasteiger charge is -2.40. The molecule has 0 aromatic carbocycles. The van der Waals surface area contributed by atoms with Crippen molar-refractivity contribution >= 4 is 17.9 Å². The van der Waals surface area contributed by atoms with Gasteiger partial charge in [-0.05, 0) is 0 Å². The maximum atomic E-state index is 11.6. The monoisotopic (exact) mass is 363 g/mol. The lowest BCUT2D eigenvalue weighted by Crippen LogP contribution is -2.60. The smallest absolute Gasteiger partial charge is 0.303 e. The van der Waals surface area contributed by atoms with Crippen molar-refractivity contribution in [1.82, 2.24) is 0 Å². The summed E-state index contributed by atoms with van der Waals surface area (Å²) in [6, 6.07) is 0. The van der Waals surface area contributed by atoms with Crippen LogP contribution in [0.1, 0.15) is 29.1 Å². The van der Waals surface area contributed by atoms with Crippen molar-refractivity contribution in [2.75, 3.05) is 13.7 Å². The largest absolute Gasteiger partial charge is 0.463 e. The minimum Gasteiger partial charge on any atom is -0.463 e. The fourth-order valence-corrected chi connectivity index (χ4v) is 2.48. The molecule has 0 bridgehead atoms.